The number of aryl methyl sites for hydroxylation is 2. The second-order valence-corrected chi connectivity index (χ2v) is 6.66. The minimum atomic E-state index is 0.274. The van der Waals surface area contributed by atoms with Gasteiger partial charge in [-0.15, -0.1) is 11.3 Å². The summed E-state index contributed by atoms with van der Waals surface area (Å²) in [6, 6.07) is 11.1. The zero-order chi connectivity index (χ0) is 14.5. The molecule has 1 atom stereocenters. The molecule has 0 bridgehead atoms. The number of rotatable bonds is 6. The first-order valence-corrected chi connectivity index (χ1v) is 8.43. The molecule has 3 heteroatoms. The lowest BCUT2D eigenvalue weighted by molar-refractivity contribution is 0.605. The molecule has 0 fully saturated rings. The van der Waals surface area contributed by atoms with Gasteiger partial charge in [-0.05, 0) is 55.6 Å². The molecule has 0 aliphatic rings. The van der Waals surface area contributed by atoms with Gasteiger partial charge < -0.3 is 5.32 Å². The Morgan fingerprint density at radius 3 is 2.60 bits per heavy atom. The Labute approximate surface area is 131 Å². The molecule has 2 aromatic rings. The predicted octanol–water partition coefficient (Wildman–Crippen LogP) is 5.36. The Hall–Kier alpha value is -0.830. The molecule has 108 valence electrons. The zero-order valence-corrected chi connectivity index (χ0v) is 13.9. The van der Waals surface area contributed by atoms with E-state index in [2.05, 4.69) is 50.4 Å². The van der Waals surface area contributed by atoms with Crippen molar-refractivity contribution in [1.29, 1.82) is 0 Å². The molecule has 0 radical (unpaired) electrons. The van der Waals surface area contributed by atoms with Crippen molar-refractivity contribution in [2.24, 2.45) is 0 Å². The molecule has 1 aromatic carbocycles. The van der Waals surface area contributed by atoms with E-state index < -0.39 is 0 Å². The molecular formula is C17H22ClNS. The van der Waals surface area contributed by atoms with Gasteiger partial charge in [-0.1, -0.05) is 37.6 Å². The summed E-state index contributed by atoms with van der Waals surface area (Å²) in [5.74, 6) is 0. The summed E-state index contributed by atoms with van der Waals surface area (Å²) in [5.41, 5.74) is 2.43. The van der Waals surface area contributed by atoms with Gasteiger partial charge in [0, 0.05) is 14.8 Å². The van der Waals surface area contributed by atoms with Crippen LogP contribution < -0.4 is 5.32 Å². The van der Waals surface area contributed by atoms with Gasteiger partial charge in [-0.25, -0.2) is 0 Å². The van der Waals surface area contributed by atoms with Crippen molar-refractivity contribution in [2.75, 3.05) is 6.54 Å². The molecule has 0 aliphatic heterocycles. The quantitative estimate of drug-likeness (QED) is 0.757. The average Bonchev–Trinajstić information content (AvgIpc) is 2.92. The summed E-state index contributed by atoms with van der Waals surface area (Å²) in [4.78, 5) is 2.83. The van der Waals surface area contributed by atoms with Crippen LogP contribution in [0.25, 0.3) is 0 Å². The summed E-state index contributed by atoms with van der Waals surface area (Å²) in [6.07, 6.45) is 2.24. The summed E-state index contributed by atoms with van der Waals surface area (Å²) in [6.45, 7) is 7.49. The minimum Gasteiger partial charge on any atom is -0.306 e. The lowest BCUT2D eigenvalue weighted by Crippen LogP contribution is -2.22. The van der Waals surface area contributed by atoms with Gasteiger partial charge in [-0.2, -0.15) is 0 Å². The van der Waals surface area contributed by atoms with Crippen molar-refractivity contribution in [3.8, 4) is 0 Å². The largest absolute Gasteiger partial charge is 0.306 e. The van der Waals surface area contributed by atoms with Crippen LogP contribution in [0, 0.1) is 6.92 Å². The maximum absolute atomic E-state index is 6.14. The Balaban J connectivity index is 2.32. The molecule has 1 unspecified atom stereocenters. The third-order valence-corrected chi connectivity index (χ3v) is 5.15. The van der Waals surface area contributed by atoms with Crippen LogP contribution in [-0.4, -0.2) is 6.54 Å². The topological polar surface area (TPSA) is 12.0 Å². The Morgan fingerprint density at radius 1 is 1.20 bits per heavy atom. The first-order valence-electron chi connectivity index (χ1n) is 7.23. The fourth-order valence-electron chi connectivity index (χ4n) is 2.26. The number of thiophene rings is 1. The van der Waals surface area contributed by atoms with Crippen LogP contribution in [0.4, 0.5) is 0 Å². The zero-order valence-electron chi connectivity index (χ0n) is 12.4. The first kappa shape index (κ1) is 15.6. The number of halogens is 1. The lowest BCUT2D eigenvalue weighted by atomic mass is 10.0. The van der Waals surface area contributed by atoms with Crippen molar-refractivity contribution < 1.29 is 0 Å². The van der Waals surface area contributed by atoms with Crippen molar-refractivity contribution in [2.45, 2.75) is 39.7 Å². The number of hydrogen-bond donors (Lipinski definition) is 1. The summed E-state index contributed by atoms with van der Waals surface area (Å²) in [5, 5.41) is 4.49. The SMILES string of the molecule is CCCNC(c1ccc(Cl)c(C)c1)c1ccc(CC)s1. The Bertz CT molecular complexity index is 562. The van der Waals surface area contributed by atoms with Crippen LogP contribution in [0.15, 0.2) is 30.3 Å². The molecule has 1 aromatic heterocycles. The Morgan fingerprint density at radius 2 is 2.00 bits per heavy atom. The van der Waals surface area contributed by atoms with Gasteiger partial charge in [0.05, 0.1) is 6.04 Å². The second kappa shape index (κ2) is 7.26. The molecular weight excluding hydrogens is 286 g/mol. The van der Waals surface area contributed by atoms with E-state index in [1.54, 1.807) is 0 Å². The van der Waals surface area contributed by atoms with Crippen LogP contribution >= 0.6 is 22.9 Å². The van der Waals surface area contributed by atoms with E-state index in [1.165, 1.54) is 15.3 Å². The highest BCUT2D eigenvalue weighted by Crippen LogP contribution is 2.30. The monoisotopic (exact) mass is 307 g/mol. The van der Waals surface area contributed by atoms with Crippen molar-refractivity contribution in [1.82, 2.24) is 5.32 Å². The fourth-order valence-corrected chi connectivity index (χ4v) is 3.43. The number of hydrogen-bond acceptors (Lipinski definition) is 2. The van der Waals surface area contributed by atoms with Gasteiger partial charge in [-0.3, -0.25) is 0 Å². The van der Waals surface area contributed by atoms with E-state index in [4.69, 9.17) is 11.6 Å². The molecule has 0 saturated carbocycles. The minimum absolute atomic E-state index is 0.274. The average molecular weight is 308 g/mol. The number of nitrogens with one attached hydrogen (secondary N) is 1. The molecule has 1 N–H and O–H groups in total. The van der Waals surface area contributed by atoms with Crippen LogP contribution in [-0.2, 0) is 6.42 Å². The maximum Gasteiger partial charge on any atom is 0.0671 e. The standard InChI is InChI=1S/C17H22ClNS/c1-4-10-19-17(16-9-7-14(5-2)20-16)13-6-8-15(18)12(3)11-13/h6-9,11,17,19H,4-5,10H2,1-3H3. The van der Waals surface area contributed by atoms with E-state index in [-0.39, 0.29) is 6.04 Å². The third kappa shape index (κ3) is 3.63. The fraction of sp³-hybridized carbons (Fsp3) is 0.412. The summed E-state index contributed by atoms with van der Waals surface area (Å²) in [7, 11) is 0. The predicted molar refractivity (Wildman–Crippen MR) is 90.0 cm³/mol. The highest BCUT2D eigenvalue weighted by Gasteiger charge is 2.16. The Kier molecular flexibility index (Phi) is 5.64. The smallest absolute Gasteiger partial charge is 0.0671 e. The van der Waals surface area contributed by atoms with E-state index in [9.17, 15) is 0 Å². The first-order chi connectivity index (χ1) is 9.65. The van der Waals surface area contributed by atoms with E-state index in [0.717, 1.165) is 30.0 Å². The van der Waals surface area contributed by atoms with Gasteiger partial charge in [0.25, 0.3) is 0 Å². The van der Waals surface area contributed by atoms with E-state index in [1.807, 2.05) is 17.4 Å². The van der Waals surface area contributed by atoms with Crippen molar-refractivity contribution in [3.63, 3.8) is 0 Å². The molecule has 1 heterocycles. The molecule has 0 aliphatic carbocycles. The maximum atomic E-state index is 6.14. The number of benzene rings is 1. The molecule has 1 nitrogen and oxygen atoms in total. The lowest BCUT2D eigenvalue weighted by Gasteiger charge is -2.18. The third-order valence-electron chi connectivity index (χ3n) is 3.43. The van der Waals surface area contributed by atoms with Crippen LogP contribution in [0.1, 0.15) is 47.2 Å². The van der Waals surface area contributed by atoms with Gasteiger partial charge in [0.15, 0.2) is 0 Å². The molecule has 20 heavy (non-hydrogen) atoms. The van der Waals surface area contributed by atoms with Gasteiger partial charge >= 0.3 is 0 Å². The molecule has 0 saturated heterocycles. The van der Waals surface area contributed by atoms with Gasteiger partial charge in [0.1, 0.15) is 0 Å². The van der Waals surface area contributed by atoms with Crippen LogP contribution in [0.5, 0.6) is 0 Å². The van der Waals surface area contributed by atoms with E-state index >= 15 is 0 Å². The second-order valence-electron chi connectivity index (χ2n) is 5.05. The normalized spacial score (nSPS) is 12.6. The van der Waals surface area contributed by atoms with Crippen LogP contribution in [0.2, 0.25) is 5.02 Å². The highest BCUT2D eigenvalue weighted by molar-refractivity contribution is 7.12. The van der Waals surface area contributed by atoms with Crippen LogP contribution in [0.3, 0.4) is 0 Å². The van der Waals surface area contributed by atoms with E-state index in [0.29, 0.717) is 0 Å². The van der Waals surface area contributed by atoms with Crippen molar-refractivity contribution >= 4 is 22.9 Å². The van der Waals surface area contributed by atoms with Crippen molar-refractivity contribution in [3.05, 3.63) is 56.2 Å². The summed E-state index contributed by atoms with van der Waals surface area (Å²) >= 11 is 8.05. The molecule has 2 rings (SSSR count). The molecule has 0 spiro atoms. The van der Waals surface area contributed by atoms with Gasteiger partial charge in [0.2, 0.25) is 0 Å². The molecule has 0 amide bonds. The highest BCUT2D eigenvalue weighted by atomic mass is 35.5. The summed E-state index contributed by atoms with van der Waals surface area (Å²) < 4.78 is 0.